The maximum Gasteiger partial charge on any atom is 0.270 e. The van der Waals surface area contributed by atoms with E-state index in [9.17, 15) is 4.79 Å². The van der Waals surface area contributed by atoms with E-state index in [0.29, 0.717) is 0 Å². The summed E-state index contributed by atoms with van der Waals surface area (Å²) in [5, 5.41) is 0. The van der Waals surface area contributed by atoms with Gasteiger partial charge in [0.05, 0.1) is 11.4 Å². The average Bonchev–Trinajstić information content (AvgIpc) is 3.24. The molecule has 2 fully saturated rings. The molecule has 2 saturated heterocycles. The van der Waals surface area contributed by atoms with E-state index < -0.39 is 0 Å². The lowest BCUT2D eigenvalue weighted by Crippen LogP contribution is -2.49. The van der Waals surface area contributed by atoms with Crippen LogP contribution in [0, 0.1) is 6.92 Å². The van der Waals surface area contributed by atoms with E-state index in [1.54, 1.807) is 0 Å². The van der Waals surface area contributed by atoms with E-state index in [1.807, 2.05) is 37.9 Å². The first-order valence-corrected chi connectivity index (χ1v) is 13.2. The summed E-state index contributed by atoms with van der Waals surface area (Å²) >= 11 is 0. The third-order valence-electron chi connectivity index (χ3n) is 7.53. The molecule has 208 valence electrons. The van der Waals surface area contributed by atoms with Crippen molar-refractivity contribution in [2.24, 2.45) is 12.8 Å². The molecule has 38 heavy (non-hydrogen) atoms. The van der Waals surface area contributed by atoms with Gasteiger partial charge in [0, 0.05) is 77.3 Å². The van der Waals surface area contributed by atoms with Crippen LogP contribution < -0.4 is 10.6 Å². The number of aromatic nitrogens is 1. The molecule has 3 heterocycles. The topological polar surface area (TPSA) is 61.0 Å². The van der Waals surface area contributed by atoms with Crippen molar-refractivity contribution in [2.75, 3.05) is 57.3 Å². The molecule has 2 aliphatic rings. The number of para-hydroxylation sites is 1. The summed E-state index contributed by atoms with van der Waals surface area (Å²) in [5.41, 5.74) is 12.6. The number of rotatable bonds is 6. The van der Waals surface area contributed by atoms with E-state index in [0.717, 1.165) is 76.0 Å². The fraction of sp³-hybridized carbons (Fsp3) is 0.452. The first-order valence-electron chi connectivity index (χ1n) is 13.2. The number of piperazine rings is 2. The molecule has 0 spiro atoms. The maximum atomic E-state index is 13.4. The number of nitrogens with zero attached hydrogens (tertiary/aromatic N) is 5. The highest BCUT2D eigenvalue weighted by Gasteiger charge is 2.26. The highest BCUT2D eigenvalue weighted by molar-refractivity contribution is 5.93. The summed E-state index contributed by atoms with van der Waals surface area (Å²) in [4.78, 5) is 22.6. The Morgan fingerprint density at radius 2 is 1.50 bits per heavy atom. The Morgan fingerprint density at radius 1 is 0.921 bits per heavy atom. The van der Waals surface area contributed by atoms with E-state index in [-0.39, 0.29) is 13.3 Å². The van der Waals surface area contributed by atoms with Crippen LogP contribution in [0.5, 0.6) is 0 Å². The molecule has 7 nitrogen and oxygen atoms in total. The largest absolute Gasteiger partial charge is 0.397 e. The molecule has 2 N–H and O–H groups in total. The van der Waals surface area contributed by atoms with Crippen LogP contribution in [0.3, 0.4) is 0 Å². The quantitative estimate of drug-likeness (QED) is 0.445. The Morgan fingerprint density at radius 3 is 2.05 bits per heavy atom. The van der Waals surface area contributed by atoms with Crippen LogP contribution in [0.25, 0.3) is 0 Å². The van der Waals surface area contributed by atoms with Gasteiger partial charge in [0.15, 0.2) is 0 Å². The minimum absolute atomic E-state index is 0. The van der Waals surface area contributed by atoms with E-state index in [4.69, 9.17) is 5.73 Å². The molecule has 1 aromatic heterocycles. The summed E-state index contributed by atoms with van der Waals surface area (Å²) in [7, 11) is 2.02. The molecular weight excluding hydrogens is 472 g/mol. The highest BCUT2D eigenvalue weighted by atomic mass is 16.2. The third kappa shape index (κ3) is 6.90. The molecule has 2 aromatic rings. The number of amides is 1. The Labute approximate surface area is 230 Å². The van der Waals surface area contributed by atoms with Gasteiger partial charge in [-0.1, -0.05) is 37.8 Å². The Bertz CT molecular complexity index is 1090. The number of anilines is 1. The second-order valence-electron chi connectivity index (χ2n) is 9.50. The number of benzene rings is 1. The van der Waals surface area contributed by atoms with Gasteiger partial charge in [-0.3, -0.25) is 9.69 Å². The van der Waals surface area contributed by atoms with E-state index >= 15 is 0 Å². The van der Waals surface area contributed by atoms with Gasteiger partial charge in [-0.25, -0.2) is 0 Å². The third-order valence-corrected chi connectivity index (χ3v) is 7.53. The molecule has 0 radical (unpaired) electrons. The van der Waals surface area contributed by atoms with Gasteiger partial charge in [0.2, 0.25) is 0 Å². The molecule has 0 atom stereocenters. The van der Waals surface area contributed by atoms with Gasteiger partial charge in [-0.15, -0.1) is 13.2 Å². The lowest BCUT2D eigenvalue weighted by molar-refractivity contribution is 0.0737. The van der Waals surface area contributed by atoms with Crippen molar-refractivity contribution < 1.29 is 4.79 Å². The van der Waals surface area contributed by atoms with Crippen LogP contribution >= 0.6 is 0 Å². The average molecular weight is 521 g/mol. The second-order valence-corrected chi connectivity index (χ2v) is 9.50. The van der Waals surface area contributed by atoms with E-state index in [1.165, 1.54) is 16.9 Å². The SMILES string of the molecule is C.C/C=C(N)\C(=C/C)N1CCN(Cc2cc(C(=O)N3CCN(c4ccccc4)CC3)n(C)c2C)CC1.C=C. The fourth-order valence-corrected chi connectivity index (χ4v) is 5.16. The van der Waals surface area contributed by atoms with Gasteiger partial charge >= 0.3 is 0 Å². The van der Waals surface area contributed by atoms with Crippen LogP contribution in [0.2, 0.25) is 0 Å². The van der Waals surface area contributed by atoms with Gasteiger partial charge < -0.3 is 25.0 Å². The highest BCUT2D eigenvalue weighted by Crippen LogP contribution is 2.22. The van der Waals surface area contributed by atoms with Gasteiger partial charge in [-0.2, -0.15) is 0 Å². The van der Waals surface area contributed by atoms with Crippen LogP contribution in [-0.2, 0) is 13.6 Å². The zero-order chi connectivity index (χ0) is 26.9. The molecule has 0 unspecified atom stereocenters. The molecule has 0 aliphatic carbocycles. The van der Waals surface area contributed by atoms with Crippen molar-refractivity contribution in [1.82, 2.24) is 19.3 Å². The summed E-state index contributed by atoms with van der Waals surface area (Å²) in [6.45, 7) is 20.1. The Hall–Kier alpha value is -3.45. The van der Waals surface area contributed by atoms with Crippen LogP contribution in [0.1, 0.15) is 43.0 Å². The molecule has 4 rings (SSSR count). The standard InChI is InChI=1S/C28H40N6O.C2H4.CH4/c1-5-25(29)26(6-2)33-14-12-31(13-15-33)21-23-20-27(30(4)22(23)3)28(35)34-18-16-32(17-19-34)24-10-8-7-9-11-24;1-2;/h5-11,20H,12-19,21,29H2,1-4H3;1-2H2;1H4/b25-5+,26-6+;;. The lowest BCUT2D eigenvalue weighted by Gasteiger charge is -2.37. The van der Waals surface area contributed by atoms with Crippen LogP contribution in [0.4, 0.5) is 5.69 Å². The summed E-state index contributed by atoms with van der Waals surface area (Å²) in [6.07, 6.45) is 4.07. The van der Waals surface area contributed by atoms with E-state index in [2.05, 4.69) is 75.8 Å². The van der Waals surface area contributed by atoms with Crippen molar-refractivity contribution in [3.63, 3.8) is 0 Å². The number of hydrogen-bond acceptors (Lipinski definition) is 5. The van der Waals surface area contributed by atoms with Crippen LogP contribution in [0.15, 0.2) is 73.1 Å². The van der Waals surface area contributed by atoms with Crippen molar-refractivity contribution in [1.29, 1.82) is 0 Å². The monoisotopic (exact) mass is 520 g/mol. The summed E-state index contributed by atoms with van der Waals surface area (Å²) in [5.74, 6) is 0.138. The zero-order valence-corrected chi connectivity index (χ0v) is 23.1. The first kappa shape index (κ1) is 30.8. The van der Waals surface area contributed by atoms with Crippen molar-refractivity contribution >= 4 is 11.6 Å². The Kier molecular flexibility index (Phi) is 11.7. The van der Waals surface area contributed by atoms with Gasteiger partial charge in [0.1, 0.15) is 5.69 Å². The minimum Gasteiger partial charge on any atom is -0.397 e. The number of hydrogen-bond donors (Lipinski definition) is 1. The lowest BCUT2D eigenvalue weighted by atomic mass is 10.1. The normalized spacial score (nSPS) is 17.0. The van der Waals surface area contributed by atoms with Crippen molar-refractivity contribution in [2.45, 2.75) is 34.7 Å². The van der Waals surface area contributed by atoms with Gasteiger partial charge in [-0.05, 0) is 44.5 Å². The Balaban J connectivity index is 0.00000165. The molecular formula is C31H48N6O. The molecule has 0 bridgehead atoms. The molecule has 7 heteroatoms. The van der Waals surface area contributed by atoms with Gasteiger partial charge in [0.25, 0.3) is 5.91 Å². The molecule has 0 saturated carbocycles. The first-order chi connectivity index (χ1) is 17.9. The summed E-state index contributed by atoms with van der Waals surface area (Å²) in [6, 6.07) is 12.6. The van der Waals surface area contributed by atoms with Crippen LogP contribution in [-0.4, -0.2) is 77.5 Å². The second kappa shape index (κ2) is 14.5. The molecule has 1 amide bonds. The zero-order valence-electron chi connectivity index (χ0n) is 23.1. The predicted molar refractivity (Wildman–Crippen MR) is 161 cm³/mol. The number of carbonyl (C=O) groups excluding carboxylic acids is 1. The number of nitrogens with two attached hydrogens (primary N) is 1. The summed E-state index contributed by atoms with van der Waals surface area (Å²) < 4.78 is 2.07. The van der Waals surface area contributed by atoms with Crippen molar-refractivity contribution in [3.05, 3.63) is 90.1 Å². The maximum absolute atomic E-state index is 13.4. The smallest absolute Gasteiger partial charge is 0.270 e. The predicted octanol–water partition coefficient (Wildman–Crippen LogP) is 4.62. The molecule has 2 aliphatic heterocycles. The number of carbonyl (C=O) groups is 1. The fourth-order valence-electron chi connectivity index (χ4n) is 5.16. The minimum atomic E-state index is 0. The molecule has 1 aromatic carbocycles. The van der Waals surface area contributed by atoms with Crippen molar-refractivity contribution in [3.8, 4) is 0 Å². The number of allylic oxidation sites excluding steroid dienone is 2.